The molecule has 0 bridgehead atoms. The third-order valence-electron chi connectivity index (χ3n) is 3.01. The van der Waals surface area contributed by atoms with E-state index in [1.807, 2.05) is 22.7 Å². The van der Waals surface area contributed by atoms with Crippen molar-refractivity contribution in [1.29, 1.82) is 0 Å². The summed E-state index contributed by atoms with van der Waals surface area (Å²) in [5, 5.41) is 4.40. The van der Waals surface area contributed by atoms with Crippen molar-refractivity contribution in [1.82, 2.24) is 0 Å². The zero-order chi connectivity index (χ0) is 10.1. The smallest absolute Gasteiger partial charge is 0.0488 e. The van der Waals surface area contributed by atoms with Crippen molar-refractivity contribution in [2.75, 3.05) is 11.5 Å². The molecule has 1 aliphatic rings. The van der Waals surface area contributed by atoms with E-state index in [0.29, 0.717) is 5.41 Å². The van der Waals surface area contributed by atoms with Crippen LogP contribution in [0.25, 0.3) is 0 Å². The molecular weight excluding hydrogens is 240 g/mol. The van der Waals surface area contributed by atoms with E-state index in [1.54, 1.807) is 9.75 Å². The van der Waals surface area contributed by atoms with E-state index >= 15 is 0 Å². The molecule has 0 N–H and O–H groups in total. The van der Waals surface area contributed by atoms with Gasteiger partial charge in [0.25, 0.3) is 0 Å². The highest BCUT2D eigenvalue weighted by Crippen LogP contribution is 2.47. The molecule has 2 aromatic rings. The van der Waals surface area contributed by atoms with Gasteiger partial charge in [-0.15, -0.1) is 22.7 Å². The lowest BCUT2D eigenvalue weighted by molar-refractivity contribution is 0.612. The van der Waals surface area contributed by atoms with Crippen LogP contribution in [0.3, 0.4) is 0 Å². The fourth-order valence-corrected chi connectivity index (χ4v) is 5.81. The van der Waals surface area contributed by atoms with Crippen molar-refractivity contribution < 1.29 is 0 Å². The van der Waals surface area contributed by atoms with Gasteiger partial charge in [0, 0.05) is 20.9 Å². The fraction of sp³-hybridized carbons (Fsp3) is 0.333. The quantitative estimate of drug-likeness (QED) is 0.770. The van der Waals surface area contributed by atoms with Gasteiger partial charge in [-0.25, -0.2) is 0 Å². The highest BCUT2D eigenvalue weighted by molar-refractivity contribution is 7.99. The fourth-order valence-electron chi connectivity index (χ4n) is 2.18. The number of rotatable bonds is 2. The monoisotopic (exact) mass is 252 g/mol. The summed E-state index contributed by atoms with van der Waals surface area (Å²) in [6.07, 6.45) is 1.30. The Hall–Kier alpha value is -0.250. The predicted octanol–water partition coefficient (Wildman–Crippen LogP) is 4.23. The first-order chi connectivity index (χ1) is 7.42. The maximum absolute atomic E-state index is 2.30. The van der Waals surface area contributed by atoms with E-state index in [-0.39, 0.29) is 0 Å². The van der Waals surface area contributed by atoms with Crippen LogP contribution in [0.5, 0.6) is 0 Å². The molecule has 0 saturated carbocycles. The van der Waals surface area contributed by atoms with Crippen LogP contribution in [-0.2, 0) is 5.41 Å². The van der Waals surface area contributed by atoms with E-state index in [1.165, 1.54) is 17.9 Å². The van der Waals surface area contributed by atoms with Crippen molar-refractivity contribution in [3.05, 3.63) is 44.8 Å². The summed E-state index contributed by atoms with van der Waals surface area (Å²) in [5.74, 6) is 2.56. The van der Waals surface area contributed by atoms with E-state index in [9.17, 15) is 0 Å². The second kappa shape index (κ2) is 3.96. The van der Waals surface area contributed by atoms with Crippen LogP contribution < -0.4 is 0 Å². The summed E-state index contributed by atoms with van der Waals surface area (Å²) in [6, 6.07) is 8.96. The molecule has 0 aliphatic carbocycles. The lowest BCUT2D eigenvalue weighted by Gasteiger charge is -2.25. The average molecular weight is 252 g/mol. The first-order valence-electron chi connectivity index (χ1n) is 5.07. The molecule has 1 aliphatic heterocycles. The summed E-state index contributed by atoms with van der Waals surface area (Å²) in [7, 11) is 0. The SMILES string of the molecule is c1csc(C2(c3cccs3)CCSC2)c1. The van der Waals surface area contributed by atoms with Gasteiger partial charge < -0.3 is 0 Å². The summed E-state index contributed by atoms with van der Waals surface area (Å²) in [4.78, 5) is 3.10. The first kappa shape index (κ1) is 9.94. The highest BCUT2D eigenvalue weighted by Gasteiger charge is 2.39. The molecule has 0 aromatic carbocycles. The van der Waals surface area contributed by atoms with Crippen LogP contribution in [0.4, 0.5) is 0 Å². The molecule has 0 nitrogen and oxygen atoms in total. The van der Waals surface area contributed by atoms with Crippen molar-refractivity contribution in [2.24, 2.45) is 0 Å². The van der Waals surface area contributed by atoms with Crippen LogP contribution >= 0.6 is 34.4 Å². The van der Waals surface area contributed by atoms with Gasteiger partial charge in [0.15, 0.2) is 0 Å². The summed E-state index contributed by atoms with van der Waals surface area (Å²) < 4.78 is 0. The molecule has 3 heteroatoms. The molecular formula is C12H12S3. The van der Waals surface area contributed by atoms with Crippen LogP contribution in [0, 0.1) is 0 Å². The lowest BCUT2D eigenvalue weighted by Crippen LogP contribution is -2.24. The van der Waals surface area contributed by atoms with Gasteiger partial charge in [-0.2, -0.15) is 11.8 Å². The molecule has 2 aromatic heterocycles. The Balaban J connectivity index is 2.10. The van der Waals surface area contributed by atoms with Crippen molar-refractivity contribution in [2.45, 2.75) is 11.8 Å². The van der Waals surface area contributed by atoms with Gasteiger partial charge in [0.05, 0.1) is 0 Å². The zero-order valence-corrected chi connectivity index (χ0v) is 10.8. The minimum absolute atomic E-state index is 0.340. The Labute approximate surface area is 102 Å². The Kier molecular flexibility index (Phi) is 2.63. The summed E-state index contributed by atoms with van der Waals surface area (Å²) in [5.41, 5.74) is 0.340. The largest absolute Gasteiger partial charge is 0.161 e. The van der Waals surface area contributed by atoms with E-state index in [4.69, 9.17) is 0 Å². The van der Waals surface area contributed by atoms with Crippen LogP contribution in [0.2, 0.25) is 0 Å². The van der Waals surface area contributed by atoms with Crippen LogP contribution in [-0.4, -0.2) is 11.5 Å². The predicted molar refractivity (Wildman–Crippen MR) is 71.4 cm³/mol. The molecule has 0 atom stereocenters. The standard InChI is InChI=1S/C12H12S3/c1-3-10(14-6-1)12(5-8-13-9-12)11-4-2-7-15-11/h1-4,6-7H,5,8-9H2. The molecule has 0 spiro atoms. The number of thiophene rings is 2. The minimum Gasteiger partial charge on any atom is -0.161 e. The Morgan fingerprint density at radius 1 is 1.00 bits per heavy atom. The van der Waals surface area contributed by atoms with Crippen molar-refractivity contribution in [3.8, 4) is 0 Å². The second-order valence-electron chi connectivity index (χ2n) is 3.84. The molecule has 15 heavy (non-hydrogen) atoms. The maximum atomic E-state index is 2.30. The van der Waals surface area contributed by atoms with Gasteiger partial charge in [0.2, 0.25) is 0 Å². The summed E-state index contributed by atoms with van der Waals surface area (Å²) in [6.45, 7) is 0. The van der Waals surface area contributed by atoms with E-state index in [2.05, 4.69) is 46.8 Å². The second-order valence-corrected chi connectivity index (χ2v) is 6.84. The van der Waals surface area contributed by atoms with Gasteiger partial charge in [-0.05, 0) is 35.1 Å². The maximum Gasteiger partial charge on any atom is 0.0488 e. The molecule has 3 heterocycles. The van der Waals surface area contributed by atoms with E-state index in [0.717, 1.165) is 0 Å². The number of hydrogen-bond acceptors (Lipinski definition) is 3. The number of thioether (sulfide) groups is 1. The van der Waals surface area contributed by atoms with Gasteiger partial charge in [-0.1, -0.05) is 12.1 Å². The average Bonchev–Trinajstić information content (AvgIpc) is 3.02. The summed E-state index contributed by atoms with van der Waals surface area (Å²) >= 11 is 5.91. The molecule has 0 amide bonds. The first-order valence-corrected chi connectivity index (χ1v) is 7.99. The Bertz CT molecular complexity index is 371. The van der Waals surface area contributed by atoms with Crippen molar-refractivity contribution >= 4 is 34.4 Å². The topological polar surface area (TPSA) is 0 Å². The Morgan fingerprint density at radius 3 is 2.07 bits per heavy atom. The normalized spacial score (nSPS) is 19.5. The van der Waals surface area contributed by atoms with Crippen molar-refractivity contribution in [3.63, 3.8) is 0 Å². The molecule has 0 radical (unpaired) electrons. The molecule has 1 fully saturated rings. The van der Waals surface area contributed by atoms with E-state index < -0.39 is 0 Å². The van der Waals surface area contributed by atoms with Gasteiger partial charge in [-0.3, -0.25) is 0 Å². The van der Waals surface area contributed by atoms with Crippen LogP contribution in [0.1, 0.15) is 16.2 Å². The zero-order valence-electron chi connectivity index (χ0n) is 8.31. The molecule has 3 rings (SSSR count). The van der Waals surface area contributed by atoms with Crippen LogP contribution in [0.15, 0.2) is 35.0 Å². The Morgan fingerprint density at radius 2 is 1.67 bits per heavy atom. The van der Waals surface area contributed by atoms with Gasteiger partial charge in [0.1, 0.15) is 0 Å². The highest BCUT2D eigenvalue weighted by atomic mass is 32.2. The molecule has 1 saturated heterocycles. The van der Waals surface area contributed by atoms with Gasteiger partial charge >= 0.3 is 0 Å². The molecule has 78 valence electrons. The minimum atomic E-state index is 0.340. The molecule has 0 unspecified atom stereocenters. The number of hydrogen-bond donors (Lipinski definition) is 0. The third kappa shape index (κ3) is 1.57. The lowest BCUT2D eigenvalue weighted by atomic mass is 9.84. The third-order valence-corrected chi connectivity index (χ3v) is 6.34.